The minimum absolute atomic E-state index is 0.128. The molecule has 5 rings (SSSR count). The lowest BCUT2D eigenvalue weighted by Gasteiger charge is -2.33. The van der Waals surface area contributed by atoms with Gasteiger partial charge in [-0.1, -0.05) is 35.9 Å². The minimum atomic E-state index is -0.206. The third-order valence-corrected chi connectivity index (χ3v) is 6.09. The maximum atomic E-state index is 12.7. The van der Waals surface area contributed by atoms with Gasteiger partial charge in [-0.05, 0) is 31.2 Å². The summed E-state index contributed by atoms with van der Waals surface area (Å²) in [5.41, 5.74) is 3.14. The van der Waals surface area contributed by atoms with E-state index >= 15 is 0 Å². The van der Waals surface area contributed by atoms with Gasteiger partial charge in [-0.25, -0.2) is 9.67 Å². The van der Waals surface area contributed by atoms with E-state index in [0.29, 0.717) is 18.2 Å². The van der Waals surface area contributed by atoms with Gasteiger partial charge in [-0.15, -0.1) is 16.4 Å². The summed E-state index contributed by atoms with van der Waals surface area (Å²) in [4.78, 5) is 23.3. The third-order valence-electron chi connectivity index (χ3n) is 5.14. The molecule has 0 spiro atoms. The van der Waals surface area contributed by atoms with E-state index in [9.17, 15) is 4.79 Å². The second kappa shape index (κ2) is 5.99. The molecule has 3 aromatic rings. The average Bonchev–Trinajstić information content (AvgIpc) is 3.30. The summed E-state index contributed by atoms with van der Waals surface area (Å²) in [5, 5.41) is 6.81. The van der Waals surface area contributed by atoms with Crippen LogP contribution in [0.3, 0.4) is 0 Å². The predicted octanol–water partition coefficient (Wildman–Crippen LogP) is 4.36. The second-order valence-electron chi connectivity index (χ2n) is 6.91. The summed E-state index contributed by atoms with van der Waals surface area (Å²) in [5.74, 6) is 1.34. The highest BCUT2D eigenvalue weighted by Gasteiger charge is 2.42. The summed E-state index contributed by atoms with van der Waals surface area (Å²) in [7, 11) is 0. The molecule has 1 aliphatic heterocycles. The van der Waals surface area contributed by atoms with Gasteiger partial charge in [0.05, 0.1) is 5.92 Å². The highest BCUT2D eigenvalue weighted by molar-refractivity contribution is 7.10. The van der Waals surface area contributed by atoms with E-state index < -0.39 is 0 Å². The summed E-state index contributed by atoms with van der Waals surface area (Å²) in [6.45, 7) is 2.06. The molecule has 0 saturated heterocycles. The second-order valence-corrected chi connectivity index (χ2v) is 7.89. The van der Waals surface area contributed by atoms with Crippen LogP contribution in [0.25, 0.3) is 11.4 Å². The normalized spacial score (nSPS) is 21.9. The Morgan fingerprint density at radius 1 is 1.15 bits per heavy atom. The predicted molar refractivity (Wildman–Crippen MR) is 102 cm³/mol. The number of carbonyl (C=O) groups excluding carboxylic acids is 1. The van der Waals surface area contributed by atoms with Crippen LogP contribution in [-0.2, 0) is 4.79 Å². The highest BCUT2D eigenvalue weighted by Crippen LogP contribution is 2.41. The fourth-order valence-corrected chi connectivity index (χ4v) is 4.69. The first kappa shape index (κ1) is 15.6. The van der Waals surface area contributed by atoms with Gasteiger partial charge in [0.25, 0.3) is 0 Å². The van der Waals surface area contributed by atoms with Crippen LogP contribution in [0.5, 0.6) is 0 Å². The van der Waals surface area contributed by atoms with Crippen LogP contribution < -0.4 is 0 Å². The number of nitrogens with zero attached hydrogens (tertiary/aromatic N) is 4. The van der Waals surface area contributed by atoms with E-state index in [1.54, 1.807) is 11.3 Å². The zero-order chi connectivity index (χ0) is 17.7. The molecule has 2 aliphatic rings. The molecule has 0 bridgehead atoms. The molecule has 5 nitrogen and oxygen atoms in total. The largest absolute Gasteiger partial charge is 0.299 e. The molecule has 0 amide bonds. The molecule has 1 saturated carbocycles. The quantitative estimate of drug-likeness (QED) is 0.680. The number of hydrogen-bond donors (Lipinski definition) is 0. The smallest absolute Gasteiger partial charge is 0.248 e. The van der Waals surface area contributed by atoms with Crippen molar-refractivity contribution in [1.29, 1.82) is 0 Å². The van der Waals surface area contributed by atoms with E-state index in [1.807, 2.05) is 28.3 Å². The number of Topliss-reactive ketones (excluding diaryl/α,β-unsaturated/α-hetero) is 1. The number of ketones is 1. The third kappa shape index (κ3) is 2.44. The van der Waals surface area contributed by atoms with Crippen molar-refractivity contribution in [2.45, 2.75) is 32.2 Å². The van der Waals surface area contributed by atoms with Crippen LogP contribution in [0.15, 0.2) is 46.8 Å². The standard InChI is InChI=1S/C20H18N4OS/c1-12-7-9-13(10-8-12)19-22-20-21-14-4-2-5-15(25)17(14)18(24(20)23-19)16-6-3-11-26-16/h3,6-11,17-18H,2,4-5H2,1H3/t17?,18-/m0/s1. The summed E-state index contributed by atoms with van der Waals surface area (Å²) in [6, 6.07) is 12.2. The van der Waals surface area contributed by atoms with E-state index in [1.165, 1.54) is 5.56 Å². The molecule has 26 heavy (non-hydrogen) atoms. The molecule has 1 unspecified atom stereocenters. The number of carbonyl (C=O) groups is 1. The lowest BCUT2D eigenvalue weighted by atomic mass is 9.79. The maximum absolute atomic E-state index is 12.7. The maximum Gasteiger partial charge on any atom is 0.248 e. The molecule has 130 valence electrons. The van der Waals surface area contributed by atoms with E-state index in [2.05, 4.69) is 30.1 Å². The number of rotatable bonds is 2. The minimum Gasteiger partial charge on any atom is -0.299 e. The van der Waals surface area contributed by atoms with Gasteiger partial charge in [-0.3, -0.25) is 4.79 Å². The Morgan fingerprint density at radius 3 is 2.77 bits per heavy atom. The number of hydrogen-bond acceptors (Lipinski definition) is 5. The van der Waals surface area contributed by atoms with Crippen molar-refractivity contribution in [3.63, 3.8) is 0 Å². The van der Waals surface area contributed by atoms with Crippen molar-refractivity contribution in [1.82, 2.24) is 14.8 Å². The van der Waals surface area contributed by atoms with Crippen LogP contribution in [0.2, 0.25) is 0 Å². The van der Waals surface area contributed by atoms with Crippen LogP contribution in [-0.4, -0.2) is 26.3 Å². The molecule has 0 radical (unpaired) electrons. The molecule has 1 aromatic carbocycles. The zero-order valence-corrected chi connectivity index (χ0v) is 15.2. The molecule has 3 heterocycles. The van der Waals surface area contributed by atoms with Crippen molar-refractivity contribution in [3.8, 4) is 11.4 Å². The fraction of sp³-hybridized carbons (Fsp3) is 0.300. The Labute approximate surface area is 155 Å². The fourth-order valence-electron chi connectivity index (χ4n) is 3.84. The first-order valence-corrected chi connectivity index (χ1v) is 9.76. The van der Waals surface area contributed by atoms with Gasteiger partial charge < -0.3 is 0 Å². The van der Waals surface area contributed by atoms with Crippen molar-refractivity contribution >= 4 is 28.8 Å². The van der Waals surface area contributed by atoms with Crippen LogP contribution in [0.4, 0.5) is 5.95 Å². The Morgan fingerprint density at radius 2 is 2.00 bits per heavy atom. The first-order valence-electron chi connectivity index (χ1n) is 8.88. The number of fused-ring (bicyclic) bond motifs is 2. The molecule has 1 fully saturated rings. The Bertz CT molecular complexity index is 1000. The Hall–Kier alpha value is -2.60. The average molecular weight is 362 g/mol. The molecule has 2 aromatic heterocycles. The number of aliphatic imine (C=N–C) groups is 1. The van der Waals surface area contributed by atoms with Gasteiger partial charge in [-0.2, -0.15) is 4.98 Å². The zero-order valence-electron chi connectivity index (χ0n) is 14.4. The van der Waals surface area contributed by atoms with Gasteiger partial charge >= 0.3 is 0 Å². The molecular weight excluding hydrogens is 344 g/mol. The summed E-state index contributed by atoms with van der Waals surface area (Å²) < 4.78 is 1.86. The SMILES string of the molecule is Cc1ccc(-c2nc3n(n2)[C@@H](c2cccs2)C2C(=O)CCCC2=N3)cc1. The van der Waals surface area contributed by atoms with E-state index in [-0.39, 0.29) is 17.7 Å². The first-order chi connectivity index (χ1) is 12.7. The Kier molecular flexibility index (Phi) is 3.60. The lowest BCUT2D eigenvalue weighted by molar-refractivity contribution is -0.122. The van der Waals surface area contributed by atoms with E-state index in [0.717, 1.165) is 29.0 Å². The lowest BCUT2D eigenvalue weighted by Crippen LogP contribution is -2.39. The van der Waals surface area contributed by atoms with Crippen molar-refractivity contribution in [3.05, 3.63) is 52.2 Å². The van der Waals surface area contributed by atoms with Crippen LogP contribution in [0.1, 0.15) is 35.7 Å². The molecule has 0 N–H and O–H groups in total. The van der Waals surface area contributed by atoms with Crippen molar-refractivity contribution < 1.29 is 4.79 Å². The Balaban J connectivity index is 1.67. The van der Waals surface area contributed by atoms with Crippen LogP contribution >= 0.6 is 11.3 Å². The number of benzene rings is 1. The monoisotopic (exact) mass is 362 g/mol. The molecule has 1 aliphatic carbocycles. The molecule has 6 heteroatoms. The van der Waals surface area contributed by atoms with Gasteiger partial charge in [0, 0.05) is 22.6 Å². The number of aryl methyl sites for hydroxylation is 1. The van der Waals surface area contributed by atoms with Gasteiger partial charge in [0.1, 0.15) is 11.8 Å². The molecule has 2 atom stereocenters. The summed E-state index contributed by atoms with van der Waals surface area (Å²) in [6.07, 6.45) is 2.37. The topological polar surface area (TPSA) is 60.1 Å². The number of aromatic nitrogens is 3. The van der Waals surface area contributed by atoms with Crippen molar-refractivity contribution in [2.75, 3.05) is 0 Å². The van der Waals surface area contributed by atoms with Gasteiger partial charge in [0.2, 0.25) is 5.95 Å². The highest BCUT2D eigenvalue weighted by atomic mass is 32.1. The van der Waals surface area contributed by atoms with E-state index in [4.69, 9.17) is 10.1 Å². The van der Waals surface area contributed by atoms with Crippen LogP contribution in [0, 0.1) is 12.8 Å². The summed E-state index contributed by atoms with van der Waals surface area (Å²) >= 11 is 1.66. The van der Waals surface area contributed by atoms with Crippen molar-refractivity contribution in [2.24, 2.45) is 10.9 Å². The van der Waals surface area contributed by atoms with Gasteiger partial charge in [0.15, 0.2) is 5.82 Å². The molecular formula is C20H18N4OS. The number of thiophene rings is 1.